The number of hydrogen-bond donors (Lipinski definition) is 0. The molecule has 0 saturated heterocycles. The number of rotatable bonds is 8. The summed E-state index contributed by atoms with van der Waals surface area (Å²) in [7, 11) is 1.73. The van der Waals surface area contributed by atoms with Gasteiger partial charge >= 0.3 is 0 Å². The molecule has 0 bridgehead atoms. The zero-order valence-electron chi connectivity index (χ0n) is 10.9. The van der Waals surface area contributed by atoms with Gasteiger partial charge in [-0.3, -0.25) is 0 Å². The van der Waals surface area contributed by atoms with Gasteiger partial charge in [0.25, 0.3) is 0 Å². The summed E-state index contributed by atoms with van der Waals surface area (Å²) in [6.07, 6.45) is 3.71. The quantitative estimate of drug-likeness (QED) is 0.682. The van der Waals surface area contributed by atoms with Crippen LogP contribution in [0.1, 0.15) is 18.4 Å². The fraction of sp³-hybridized carbons (Fsp3) is 0.600. The first kappa shape index (κ1) is 13.9. The predicted octanol–water partition coefficient (Wildman–Crippen LogP) is 3.68. The standard InChI is InChI=1S/C15H21BrO2/c1-17-15-5-3-2-4-14(15)8-13(9-16)11-18-10-12-6-7-12/h2-5,12-13H,6-11H2,1H3. The molecule has 0 aliphatic heterocycles. The highest BCUT2D eigenvalue weighted by molar-refractivity contribution is 9.09. The lowest BCUT2D eigenvalue weighted by Crippen LogP contribution is -2.15. The number of hydrogen-bond acceptors (Lipinski definition) is 2. The van der Waals surface area contributed by atoms with Crippen molar-refractivity contribution in [3.8, 4) is 5.75 Å². The lowest BCUT2D eigenvalue weighted by atomic mass is 10.0. The van der Waals surface area contributed by atoms with E-state index in [1.165, 1.54) is 18.4 Å². The van der Waals surface area contributed by atoms with Crippen LogP contribution in [0.2, 0.25) is 0 Å². The third kappa shape index (κ3) is 4.29. The number of ether oxygens (including phenoxy) is 2. The van der Waals surface area contributed by atoms with Crippen LogP contribution in [0.4, 0.5) is 0 Å². The molecule has 2 rings (SSSR count). The summed E-state index contributed by atoms with van der Waals surface area (Å²) >= 11 is 3.58. The van der Waals surface area contributed by atoms with Gasteiger partial charge in [-0.2, -0.15) is 0 Å². The number of halogens is 1. The van der Waals surface area contributed by atoms with E-state index in [1.807, 2.05) is 12.1 Å². The molecule has 1 unspecified atom stereocenters. The Kier molecular flexibility index (Phi) is 5.51. The van der Waals surface area contributed by atoms with Gasteiger partial charge in [-0.25, -0.2) is 0 Å². The number of para-hydroxylation sites is 1. The van der Waals surface area contributed by atoms with Crippen LogP contribution in [0, 0.1) is 11.8 Å². The van der Waals surface area contributed by atoms with E-state index in [4.69, 9.17) is 9.47 Å². The normalized spacial score (nSPS) is 16.6. The van der Waals surface area contributed by atoms with Crippen molar-refractivity contribution in [2.45, 2.75) is 19.3 Å². The smallest absolute Gasteiger partial charge is 0.122 e. The maximum atomic E-state index is 5.79. The van der Waals surface area contributed by atoms with Crippen LogP contribution >= 0.6 is 15.9 Å². The van der Waals surface area contributed by atoms with Gasteiger partial charge in [-0.1, -0.05) is 34.1 Å². The predicted molar refractivity (Wildman–Crippen MR) is 77.5 cm³/mol. The Balaban J connectivity index is 1.83. The summed E-state index contributed by atoms with van der Waals surface area (Å²) < 4.78 is 11.2. The first-order valence-electron chi connectivity index (χ1n) is 6.59. The molecule has 0 radical (unpaired) electrons. The van der Waals surface area contributed by atoms with Crippen molar-refractivity contribution in [2.24, 2.45) is 11.8 Å². The van der Waals surface area contributed by atoms with E-state index in [-0.39, 0.29) is 0 Å². The Bertz CT molecular complexity index is 363. The molecule has 1 saturated carbocycles. The maximum Gasteiger partial charge on any atom is 0.122 e. The molecule has 1 aliphatic rings. The van der Waals surface area contributed by atoms with Crippen LogP contribution in [0.15, 0.2) is 24.3 Å². The minimum atomic E-state index is 0.514. The second-order valence-corrected chi connectivity index (χ2v) is 5.66. The molecule has 100 valence electrons. The van der Waals surface area contributed by atoms with E-state index in [9.17, 15) is 0 Å². The highest BCUT2D eigenvalue weighted by Crippen LogP contribution is 2.29. The minimum Gasteiger partial charge on any atom is -0.496 e. The van der Waals surface area contributed by atoms with E-state index >= 15 is 0 Å². The van der Waals surface area contributed by atoms with Gasteiger partial charge in [0.1, 0.15) is 5.75 Å². The van der Waals surface area contributed by atoms with Gasteiger partial charge in [0.2, 0.25) is 0 Å². The van der Waals surface area contributed by atoms with E-state index in [0.717, 1.165) is 36.6 Å². The number of methoxy groups -OCH3 is 1. The molecule has 1 fully saturated rings. The Hall–Kier alpha value is -0.540. The zero-order valence-corrected chi connectivity index (χ0v) is 12.5. The van der Waals surface area contributed by atoms with Gasteiger partial charge in [0, 0.05) is 11.9 Å². The van der Waals surface area contributed by atoms with Gasteiger partial charge in [0.05, 0.1) is 13.7 Å². The van der Waals surface area contributed by atoms with Crippen LogP contribution in [-0.4, -0.2) is 25.7 Å². The van der Waals surface area contributed by atoms with Crippen molar-refractivity contribution in [3.63, 3.8) is 0 Å². The Morgan fingerprint density at radius 1 is 1.33 bits per heavy atom. The first-order chi connectivity index (χ1) is 8.83. The molecule has 1 aliphatic carbocycles. The zero-order chi connectivity index (χ0) is 12.8. The van der Waals surface area contributed by atoms with Crippen LogP contribution in [0.5, 0.6) is 5.75 Å². The molecule has 0 spiro atoms. The first-order valence-corrected chi connectivity index (χ1v) is 7.71. The van der Waals surface area contributed by atoms with Crippen LogP contribution < -0.4 is 4.74 Å². The molecule has 1 atom stereocenters. The number of alkyl halides is 1. The van der Waals surface area contributed by atoms with E-state index < -0.39 is 0 Å². The summed E-state index contributed by atoms with van der Waals surface area (Å²) in [4.78, 5) is 0. The molecule has 0 aromatic heterocycles. The largest absolute Gasteiger partial charge is 0.496 e. The number of benzene rings is 1. The van der Waals surface area contributed by atoms with Crippen LogP contribution in [0.3, 0.4) is 0 Å². The van der Waals surface area contributed by atoms with Gasteiger partial charge in [-0.05, 0) is 42.7 Å². The van der Waals surface area contributed by atoms with Gasteiger partial charge in [-0.15, -0.1) is 0 Å². The van der Waals surface area contributed by atoms with E-state index in [0.29, 0.717) is 5.92 Å². The van der Waals surface area contributed by atoms with Crippen molar-refractivity contribution >= 4 is 15.9 Å². The Morgan fingerprint density at radius 3 is 2.78 bits per heavy atom. The molecular formula is C15H21BrO2. The molecule has 2 nitrogen and oxygen atoms in total. The molecule has 1 aromatic rings. The highest BCUT2D eigenvalue weighted by atomic mass is 79.9. The monoisotopic (exact) mass is 312 g/mol. The summed E-state index contributed by atoms with van der Waals surface area (Å²) in [5.41, 5.74) is 1.26. The third-order valence-electron chi connectivity index (χ3n) is 3.32. The molecule has 0 N–H and O–H groups in total. The van der Waals surface area contributed by atoms with Crippen molar-refractivity contribution < 1.29 is 9.47 Å². The molecule has 3 heteroatoms. The topological polar surface area (TPSA) is 18.5 Å². The van der Waals surface area contributed by atoms with Crippen molar-refractivity contribution in [3.05, 3.63) is 29.8 Å². The fourth-order valence-corrected chi connectivity index (χ4v) is 2.44. The third-order valence-corrected chi connectivity index (χ3v) is 4.24. The maximum absolute atomic E-state index is 5.79. The van der Waals surface area contributed by atoms with Crippen LogP contribution in [-0.2, 0) is 11.2 Å². The van der Waals surface area contributed by atoms with Crippen molar-refractivity contribution in [2.75, 3.05) is 25.7 Å². The van der Waals surface area contributed by atoms with E-state index in [2.05, 4.69) is 28.1 Å². The Morgan fingerprint density at radius 2 is 2.11 bits per heavy atom. The average molecular weight is 313 g/mol. The average Bonchev–Trinajstić information content (AvgIpc) is 3.22. The fourth-order valence-electron chi connectivity index (χ4n) is 2.03. The summed E-state index contributed by atoms with van der Waals surface area (Å²) in [6, 6.07) is 8.23. The molecule has 1 aromatic carbocycles. The molecule has 0 amide bonds. The lowest BCUT2D eigenvalue weighted by Gasteiger charge is -2.16. The van der Waals surface area contributed by atoms with Gasteiger partial charge < -0.3 is 9.47 Å². The van der Waals surface area contributed by atoms with Gasteiger partial charge in [0.15, 0.2) is 0 Å². The van der Waals surface area contributed by atoms with Crippen molar-refractivity contribution in [1.82, 2.24) is 0 Å². The van der Waals surface area contributed by atoms with Crippen molar-refractivity contribution in [1.29, 1.82) is 0 Å². The molecular weight excluding hydrogens is 292 g/mol. The second-order valence-electron chi connectivity index (χ2n) is 5.02. The molecule has 0 heterocycles. The Labute approximate surface area is 118 Å². The highest BCUT2D eigenvalue weighted by Gasteiger charge is 2.22. The summed E-state index contributed by atoms with van der Waals surface area (Å²) in [6.45, 7) is 1.77. The summed E-state index contributed by atoms with van der Waals surface area (Å²) in [5.74, 6) is 2.33. The molecule has 18 heavy (non-hydrogen) atoms. The second kappa shape index (κ2) is 7.15. The van der Waals surface area contributed by atoms with Crippen LogP contribution in [0.25, 0.3) is 0 Å². The summed E-state index contributed by atoms with van der Waals surface area (Å²) in [5, 5.41) is 0.968. The lowest BCUT2D eigenvalue weighted by molar-refractivity contribution is 0.0977. The minimum absolute atomic E-state index is 0.514. The SMILES string of the molecule is COc1ccccc1CC(CBr)COCC1CC1. The van der Waals surface area contributed by atoms with E-state index in [1.54, 1.807) is 7.11 Å².